The first-order valence-corrected chi connectivity index (χ1v) is 8.72. The predicted octanol–water partition coefficient (Wildman–Crippen LogP) is 3.22. The topological polar surface area (TPSA) is 85.7 Å². The number of rotatable bonds is 4. The van der Waals surface area contributed by atoms with E-state index < -0.39 is 17.6 Å². The van der Waals surface area contributed by atoms with Crippen LogP contribution in [0.25, 0.3) is 11.3 Å². The summed E-state index contributed by atoms with van der Waals surface area (Å²) >= 11 is 0. The largest absolute Gasteiger partial charge is 0.293 e. The number of carbonyl (C=O) groups excluding carboxylic acids is 1. The van der Waals surface area contributed by atoms with Crippen LogP contribution in [0.2, 0.25) is 0 Å². The first kappa shape index (κ1) is 17.8. The maximum absolute atomic E-state index is 14.8. The van der Waals surface area contributed by atoms with Crippen LogP contribution in [0.5, 0.6) is 0 Å². The lowest BCUT2D eigenvalue weighted by Crippen LogP contribution is -2.28. The lowest BCUT2D eigenvalue weighted by molar-refractivity contribution is -0.120. The van der Waals surface area contributed by atoms with E-state index in [1.807, 2.05) is 0 Å². The number of hydrogen-bond donors (Lipinski definition) is 1. The van der Waals surface area contributed by atoms with Crippen LogP contribution in [-0.4, -0.2) is 27.6 Å². The number of amides is 1. The van der Waals surface area contributed by atoms with Crippen LogP contribution in [-0.2, 0) is 11.2 Å². The molecule has 0 radical (unpaired) electrons. The van der Waals surface area contributed by atoms with E-state index in [1.54, 1.807) is 36.7 Å². The minimum Gasteiger partial charge on any atom is -0.293 e. The minimum absolute atomic E-state index is 0.0367. The molecule has 2 aromatic heterocycles. The van der Waals surface area contributed by atoms with Crippen LogP contribution in [0.15, 0.2) is 42.7 Å². The molecule has 1 amide bonds. The van der Waals surface area contributed by atoms with E-state index in [2.05, 4.69) is 15.2 Å². The summed E-state index contributed by atoms with van der Waals surface area (Å²) in [7, 11) is 0. The molecular formula is C20H15F2N5O. The molecule has 0 spiro atoms. The average molecular weight is 379 g/mol. The van der Waals surface area contributed by atoms with E-state index in [0.717, 1.165) is 0 Å². The zero-order valence-electron chi connectivity index (χ0n) is 14.7. The first-order valence-electron chi connectivity index (χ1n) is 8.72. The number of halogens is 2. The fourth-order valence-electron chi connectivity index (χ4n) is 3.41. The number of anilines is 1. The van der Waals surface area contributed by atoms with Gasteiger partial charge in [0.25, 0.3) is 0 Å². The van der Waals surface area contributed by atoms with E-state index in [0.29, 0.717) is 30.5 Å². The van der Waals surface area contributed by atoms with Crippen LogP contribution in [0.4, 0.5) is 14.6 Å². The molecule has 1 saturated heterocycles. The molecule has 1 unspecified atom stereocenters. The van der Waals surface area contributed by atoms with E-state index in [4.69, 9.17) is 5.26 Å². The van der Waals surface area contributed by atoms with Crippen molar-refractivity contribution in [2.45, 2.75) is 12.8 Å². The Morgan fingerprint density at radius 2 is 2.04 bits per heavy atom. The fraction of sp³-hybridized carbons (Fsp3) is 0.200. The smallest absolute Gasteiger partial charge is 0.231 e. The summed E-state index contributed by atoms with van der Waals surface area (Å²) in [5, 5.41) is 15.4. The molecule has 1 fully saturated rings. The summed E-state index contributed by atoms with van der Waals surface area (Å²) < 4.78 is 28.6. The summed E-state index contributed by atoms with van der Waals surface area (Å²) in [6.45, 7) is 0.333. The Kier molecular flexibility index (Phi) is 4.57. The lowest BCUT2D eigenvalue weighted by Gasteiger charge is -2.14. The van der Waals surface area contributed by atoms with Crippen LogP contribution >= 0.6 is 0 Å². The van der Waals surface area contributed by atoms with Gasteiger partial charge in [0.15, 0.2) is 11.6 Å². The Balaban J connectivity index is 1.53. The van der Waals surface area contributed by atoms with Crippen LogP contribution in [0, 0.1) is 28.9 Å². The fourth-order valence-corrected chi connectivity index (χ4v) is 3.41. The molecule has 6 nitrogen and oxygen atoms in total. The minimum atomic E-state index is -0.609. The SMILES string of the molecule is N#Cc1ccc(CC2CCN(c3n[nH]c(-c4ccncc4)c3F)C2=O)cc1F. The van der Waals surface area contributed by atoms with Gasteiger partial charge in [-0.25, -0.2) is 8.78 Å². The van der Waals surface area contributed by atoms with Crippen LogP contribution in [0.3, 0.4) is 0 Å². The number of H-pyrrole nitrogens is 1. The van der Waals surface area contributed by atoms with Crippen molar-refractivity contribution in [3.8, 4) is 17.3 Å². The Morgan fingerprint density at radius 3 is 2.75 bits per heavy atom. The molecule has 0 bridgehead atoms. The molecule has 140 valence electrons. The quantitative estimate of drug-likeness (QED) is 0.754. The molecule has 1 N–H and O–H groups in total. The van der Waals surface area contributed by atoms with Crippen molar-refractivity contribution in [1.82, 2.24) is 15.2 Å². The summed E-state index contributed by atoms with van der Waals surface area (Å²) in [6, 6.07) is 9.36. The first-order chi connectivity index (χ1) is 13.6. The van der Waals surface area contributed by atoms with E-state index in [-0.39, 0.29) is 23.0 Å². The number of carbonyl (C=O) groups is 1. The molecule has 3 heterocycles. The van der Waals surface area contributed by atoms with Crippen LogP contribution in [0.1, 0.15) is 17.5 Å². The highest BCUT2D eigenvalue weighted by Crippen LogP contribution is 2.32. The highest BCUT2D eigenvalue weighted by atomic mass is 19.1. The van der Waals surface area contributed by atoms with Gasteiger partial charge in [-0.3, -0.25) is 19.8 Å². The highest BCUT2D eigenvalue weighted by Gasteiger charge is 2.36. The summed E-state index contributed by atoms with van der Waals surface area (Å²) in [4.78, 5) is 18.0. The molecule has 4 rings (SSSR count). The van der Waals surface area contributed by atoms with Gasteiger partial charge >= 0.3 is 0 Å². The van der Waals surface area contributed by atoms with Gasteiger partial charge in [-0.15, -0.1) is 0 Å². The molecule has 1 aliphatic heterocycles. The van der Waals surface area contributed by atoms with Gasteiger partial charge < -0.3 is 0 Å². The second-order valence-corrected chi connectivity index (χ2v) is 6.58. The molecule has 3 aromatic rings. The van der Waals surface area contributed by atoms with Crippen molar-refractivity contribution in [1.29, 1.82) is 5.26 Å². The third kappa shape index (κ3) is 3.11. The second kappa shape index (κ2) is 7.19. The predicted molar refractivity (Wildman–Crippen MR) is 97.1 cm³/mol. The number of aromatic amines is 1. The standard InChI is InChI=1S/C20H15F2N5O/c21-16-10-12(1-2-15(16)11-23)9-14-5-8-27(20(14)28)19-17(22)18(25-26-19)13-3-6-24-7-4-13/h1-4,6-7,10,14H,5,8-9H2,(H,25,26). The number of hydrogen-bond acceptors (Lipinski definition) is 4. The third-order valence-corrected chi connectivity index (χ3v) is 4.87. The van der Waals surface area contributed by atoms with Gasteiger partial charge in [-0.2, -0.15) is 10.4 Å². The summed E-state index contributed by atoms with van der Waals surface area (Å²) in [6.07, 6.45) is 3.92. The van der Waals surface area contributed by atoms with Gasteiger partial charge in [-0.1, -0.05) is 6.07 Å². The van der Waals surface area contributed by atoms with Gasteiger partial charge in [0, 0.05) is 30.4 Å². The Hall–Kier alpha value is -3.60. The van der Waals surface area contributed by atoms with Crippen molar-refractivity contribution in [2.24, 2.45) is 5.92 Å². The van der Waals surface area contributed by atoms with Gasteiger partial charge in [0.1, 0.15) is 17.6 Å². The van der Waals surface area contributed by atoms with Gasteiger partial charge in [0.2, 0.25) is 5.91 Å². The van der Waals surface area contributed by atoms with Crippen molar-refractivity contribution in [3.63, 3.8) is 0 Å². The molecule has 1 atom stereocenters. The molecular weight excluding hydrogens is 364 g/mol. The summed E-state index contributed by atoms with van der Waals surface area (Å²) in [5.74, 6) is -1.89. The Labute approximate surface area is 159 Å². The van der Waals surface area contributed by atoms with Crippen molar-refractivity contribution in [2.75, 3.05) is 11.4 Å². The number of nitrogens with zero attached hydrogens (tertiary/aromatic N) is 4. The Morgan fingerprint density at radius 1 is 1.25 bits per heavy atom. The number of nitriles is 1. The average Bonchev–Trinajstić information content (AvgIpc) is 3.25. The van der Waals surface area contributed by atoms with E-state index >= 15 is 0 Å². The molecule has 0 saturated carbocycles. The highest BCUT2D eigenvalue weighted by molar-refractivity contribution is 5.97. The van der Waals surface area contributed by atoms with Crippen molar-refractivity contribution >= 4 is 11.7 Å². The summed E-state index contributed by atoms with van der Waals surface area (Å²) in [5.41, 5.74) is 1.37. The maximum Gasteiger partial charge on any atom is 0.231 e. The van der Waals surface area contributed by atoms with E-state index in [1.165, 1.54) is 17.0 Å². The molecule has 1 aromatic carbocycles. The van der Waals surface area contributed by atoms with Crippen molar-refractivity contribution < 1.29 is 13.6 Å². The van der Waals surface area contributed by atoms with E-state index in [9.17, 15) is 13.6 Å². The zero-order valence-corrected chi connectivity index (χ0v) is 14.7. The normalized spacial score (nSPS) is 16.4. The van der Waals surface area contributed by atoms with Gasteiger partial charge in [0.05, 0.1) is 5.56 Å². The number of benzene rings is 1. The van der Waals surface area contributed by atoms with Crippen molar-refractivity contribution in [3.05, 3.63) is 65.5 Å². The zero-order chi connectivity index (χ0) is 19.7. The number of pyridine rings is 1. The monoisotopic (exact) mass is 379 g/mol. The third-order valence-electron chi connectivity index (χ3n) is 4.87. The molecule has 28 heavy (non-hydrogen) atoms. The molecule has 0 aliphatic carbocycles. The molecule has 1 aliphatic rings. The maximum atomic E-state index is 14.8. The number of aromatic nitrogens is 3. The molecule has 8 heteroatoms. The van der Waals surface area contributed by atoms with Gasteiger partial charge in [-0.05, 0) is 42.7 Å². The van der Waals surface area contributed by atoms with Crippen LogP contribution < -0.4 is 4.90 Å². The lowest BCUT2D eigenvalue weighted by atomic mass is 9.97. The second-order valence-electron chi connectivity index (χ2n) is 6.58. The number of nitrogens with one attached hydrogen (secondary N) is 1. The Bertz CT molecular complexity index is 1070.